The normalized spacial score (nSPS) is 14.3. The van der Waals surface area contributed by atoms with E-state index in [1.165, 1.54) is 64.2 Å². The van der Waals surface area contributed by atoms with E-state index in [9.17, 15) is 19.0 Å². The maximum Gasteiger partial charge on any atom is 0.306 e. The topological polar surface area (TPSA) is 111 Å². The van der Waals surface area contributed by atoms with Gasteiger partial charge in [-0.1, -0.05) is 175 Å². The molecule has 9 nitrogen and oxygen atoms in total. The molecule has 0 fully saturated rings. The number of hydrogen-bond donors (Lipinski definition) is 0. The maximum atomic E-state index is 12.7. The van der Waals surface area contributed by atoms with Gasteiger partial charge in [0.05, 0.1) is 27.7 Å². The number of hydrogen-bond acceptors (Lipinski definition) is 8. The van der Waals surface area contributed by atoms with Gasteiger partial charge in [0.15, 0.2) is 6.10 Å². The monoisotopic (exact) mass is 914 g/mol. The minimum Gasteiger partial charge on any atom is -0.756 e. The average molecular weight is 914 g/mol. The fraction of sp³-hybridized carbons (Fsp3) is 0.667. The van der Waals surface area contributed by atoms with E-state index >= 15 is 0 Å². The van der Waals surface area contributed by atoms with Gasteiger partial charge in [0, 0.05) is 12.8 Å². The molecule has 0 N–H and O–H groups in total. The summed E-state index contributed by atoms with van der Waals surface area (Å²) in [5.41, 5.74) is 0. The van der Waals surface area contributed by atoms with Crippen LogP contribution in [0.4, 0.5) is 0 Å². The summed E-state index contributed by atoms with van der Waals surface area (Å²) in [4.78, 5) is 37.7. The number of quaternary nitrogens is 1. The molecule has 0 saturated carbocycles. The van der Waals surface area contributed by atoms with E-state index in [1.54, 1.807) is 0 Å². The van der Waals surface area contributed by atoms with Gasteiger partial charge in [-0.15, -0.1) is 0 Å². The van der Waals surface area contributed by atoms with Gasteiger partial charge in [-0.2, -0.15) is 0 Å². The number of esters is 2. The summed E-state index contributed by atoms with van der Waals surface area (Å²) in [5, 5.41) is 0. The fourth-order valence-corrected chi connectivity index (χ4v) is 6.95. The van der Waals surface area contributed by atoms with Crippen LogP contribution in [0.1, 0.15) is 181 Å². The van der Waals surface area contributed by atoms with Crippen molar-refractivity contribution in [2.45, 2.75) is 187 Å². The highest BCUT2D eigenvalue weighted by Crippen LogP contribution is 2.38. The molecule has 64 heavy (non-hydrogen) atoms. The second-order valence-electron chi connectivity index (χ2n) is 17.4. The van der Waals surface area contributed by atoms with E-state index in [2.05, 4.69) is 105 Å². The SMILES string of the molecule is CC/C=C\C/C=C\C/C=C\C/C=C\C/C=C\CCCC(=O)OC(COC(=O)CCCCCCCCCC/C=C\C/C=C\C/C=C\CCCCCCC)COP(=O)([O-])OCC[N+](C)(C)C. The van der Waals surface area contributed by atoms with Gasteiger partial charge in [0.25, 0.3) is 7.82 Å². The molecule has 10 heteroatoms. The van der Waals surface area contributed by atoms with Crippen LogP contribution in [0.2, 0.25) is 0 Å². The lowest BCUT2D eigenvalue weighted by molar-refractivity contribution is -0.870. The molecule has 0 aromatic heterocycles. The fourth-order valence-electron chi connectivity index (χ4n) is 6.23. The summed E-state index contributed by atoms with van der Waals surface area (Å²) in [6.45, 7) is 4.01. The highest BCUT2D eigenvalue weighted by Gasteiger charge is 2.21. The molecule has 0 rings (SSSR count). The van der Waals surface area contributed by atoms with Crippen LogP contribution >= 0.6 is 7.82 Å². The van der Waals surface area contributed by atoms with E-state index in [-0.39, 0.29) is 26.1 Å². The van der Waals surface area contributed by atoms with E-state index in [0.717, 1.165) is 70.6 Å². The Balaban J connectivity index is 4.37. The van der Waals surface area contributed by atoms with E-state index in [4.69, 9.17) is 18.5 Å². The summed E-state index contributed by atoms with van der Waals surface area (Å²) < 4.78 is 33.9. The van der Waals surface area contributed by atoms with Crippen molar-refractivity contribution < 1.29 is 42.1 Å². The average Bonchev–Trinajstić information content (AvgIpc) is 3.25. The van der Waals surface area contributed by atoms with Gasteiger partial charge >= 0.3 is 11.9 Å². The van der Waals surface area contributed by atoms with Gasteiger partial charge in [-0.05, 0) is 89.9 Å². The molecule has 0 aromatic carbocycles. The molecule has 2 atom stereocenters. The number of phosphoric acid groups is 1. The number of nitrogens with zero attached hydrogens (tertiary/aromatic N) is 1. The highest BCUT2D eigenvalue weighted by molar-refractivity contribution is 7.45. The van der Waals surface area contributed by atoms with Crippen LogP contribution in [-0.4, -0.2) is 70.0 Å². The summed E-state index contributed by atoms with van der Waals surface area (Å²) in [6.07, 6.45) is 60.2. The van der Waals surface area contributed by atoms with Crippen molar-refractivity contribution in [1.29, 1.82) is 0 Å². The predicted molar refractivity (Wildman–Crippen MR) is 268 cm³/mol. The van der Waals surface area contributed by atoms with Gasteiger partial charge in [0.1, 0.15) is 19.8 Å². The molecular weight excluding hydrogens is 822 g/mol. The standard InChI is InChI=1S/C54H92NO8P/c1-6-8-10-12-14-16-18-20-22-24-25-26-27-28-29-31-32-34-36-38-40-42-44-46-53(56)60-50-52(51-62-64(58,59)61-49-48-55(3,4)5)63-54(57)47-45-43-41-39-37-35-33-30-23-21-19-17-15-13-11-9-7-2/h9,11,15,17-18,20-21,23-25,27-28,33,35,39,41,52H,6-8,10,12-14,16,19,22,26,29-32,34,36-38,40,42-51H2,1-5H3/b11-9-,17-15-,20-18-,23-21-,25-24-,28-27-,35-33-,41-39-. The minimum absolute atomic E-state index is 0.0482. The molecule has 0 saturated heterocycles. The molecule has 0 aliphatic heterocycles. The number of unbranched alkanes of at least 4 members (excludes halogenated alkanes) is 14. The first kappa shape index (κ1) is 60.9. The van der Waals surface area contributed by atoms with Crippen LogP contribution in [0.15, 0.2) is 97.2 Å². The lowest BCUT2D eigenvalue weighted by Crippen LogP contribution is -2.37. The molecular formula is C54H92NO8P. The summed E-state index contributed by atoms with van der Waals surface area (Å²) in [7, 11) is 1.11. The van der Waals surface area contributed by atoms with Gasteiger partial charge in [-0.3, -0.25) is 14.2 Å². The molecule has 0 heterocycles. The van der Waals surface area contributed by atoms with Gasteiger partial charge in [-0.25, -0.2) is 0 Å². The third-order valence-electron chi connectivity index (χ3n) is 10.1. The first-order valence-electron chi connectivity index (χ1n) is 24.9. The number of ether oxygens (including phenoxy) is 2. The van der Waals surface area contributed by atoms with Crippen molar-refractivity contribution in [3.63, 3.8) is 0 Å². The Kier molecular flexibility index (Phi) is 42.9. The van der Waals surface area contributed by atoms with Crippen LogP contribution in [0.5, 0.6) is 0 Å². The molecule has 0 bridgehead atoms. The number of likely N-dealkylation sites (N-methyl/N-ethyl adjacent to an activating group) is 1. The maximum absolute atomic E-state index is 12.7. The summed E-state index contributed by atoms with van der Waals surface area (Å²) in [5.74, 6) is -0.918. The predicted octanol–water partition coefficient (Wildman–Crippen LogP) is 14.3. The number of rotatable bonds is 44. The third-order valence-corrected chi connectivity index (χ3v) is 11.1. The molecule has 366 valence electrons. The summed E-state index contributed by atoms with van der Waals surface area (Å²) >= 11 is 0. The molecule has 0 aromatic rings. The zero-order valence-electron chi connectivity index (χ0n) is 41.2. The Hall–Kier alpha value is -3.07. The minimum atomic E-state index is -4.65. The van der Waals surface area contributed by atoms with Crippen LogP contribution in [0.3, 0.4) is 0 Å². The van der Waals surface area contributed by atoms with Gasteiger partial charge < -0.3 is 27.9 Å². The Bertz CT molecular complexity index is 1400. The van der Waals surface area contributed by atoms with Gasteiger partial charge in [0.2, 0.25) is 0 Å². The molecule has 0 aliphatic rings. The van der Waals surface area contributed by atoms with Crippen molar-refractivity contribution in [3.05, 3.63) is 97.2 Å². The smallest absolute Gasteiger partial charge is 0.306 e. The van der Waals surface area contributed by atoms with Crippen molar-refractivity contribution in [2.24, 2.45) is 0 Å². The lowest BCUT2D eigenvalue weighted by atomic mass is 10.1. The number of carbonyl (C=O) groups is 2. The van der Waals surface area contributed by atoms with E-state index < -0.39 is 32.5 Å². The molecule has 0 amide bonds. The first-order chi connectivity index (χ1) is 31.0. The van der Waals surface area contributed by atoms with Crippen molar-refractivity contribution in [1.82, 2.24) is 0 Å². The largest absolute Gasteiger partial charge is 0.756 e. The zero-order valence-corrected chi connectivity index (χ0v) is 42.1. The highest BCUT2D eigenvalue weighted by atomic mass is 31.2. The molecule has 2 unspecified atom stereocenters. The van der Waals surface area contributed by atoms with Crippen LogP contribution in [0.25, 0.3) is 0 Å². The molecule has 0 spiro atoms. The quantitative estimate of drug-likeness (QED) is 0.0195. The Morgan fingerprint density at radius 2 is 0.906 bits per heavy atom. The Morgan fingerprint density at radius 3 is 1.38 bits per heavy atom. The lowest BCUT2D eigenvalue weighted by Gasteiger charge is -2.28. The third kappa shape index (κ3) is 48.4. The van der Waals surface area contributed by atoms with Crippen molar-refractivity contribution >= 4 is 19.8 Å². The van der Waals surface area contributed by atoms with Crippen molar-refractivity contribution in [3.8, 4) is 0 Å². The Morgan fingerprint density at radius 1 is 0.500 bits per heavy atom. The Labute approximate surface area is 392 Å². The second-order valence-corrected chi connectivity index (χ2v) is 18.9. The molecule has 0 aliphatic carbocycles. The van der Waals surface area contributed by atoms with Crippen LogP contribution in [-0.2, 0) is 32.7 Å². The number of phosphoric ester groups is 1. The number of carbonyl (C=O) groups excluding carboxylic acids is 2. The van der Waals surface area contributed by atoms with Crippen LogP contribution in [0, 0.1) is 0 Å². The molecule has 0 radical (unpaired) electrons. The van der Waals surface area contributed by atoms with Crippen LogP contribution < -0.4 is 4.89 Å². The van der Waals surface area contributed by atoms with E-state index in [0.29, 0.717) is 30.3 Å². The zero-order chi connectivity index (χ0) is 47.1. The summed E-state index contributed by atoms with van der Waals surface area (Å²) in [6, 6.07) is 0. The van der Waals surface area contributed by atoms with Crippen molar-refractivity contribution in [2.75, 3.05) is 47.5 Å². The van der Waals surface area contributed by atoms with E-state index in [1.807, 2.05) is 27.2 Å². The first-order valence-corrected chi connectivity index (χ1v) is 26.4. The second kappa shape index (κ2) is 45.1. The number of allylic oxidation sites excluding steroid dienone is 16.